The molecule has 1 rings (SSSR count). The maximum absolute atomic E-state index is 6.28. The number of hydrogen-bond acceptors (Lipinski definition) is 4. The fourth-order valence-corrected chi connectivity index (χ4v) is 2.61. The highest BCUT2D eigenvalue weighted by atomic mass is 35.5. The first-order valence-corrected chi connectivity index (χ1v) is 7.72. The van der Waals surface area contributed by atoms with Gasteiger partial charge in [-0.25, -0.2) is 9.97 Å². The molecule has 0 saturated heterocycles. The zero-order chi connectivity index (χ0) is 15.3. The van der Waals surface area contributed by atoms with E-state index in [4.69, 9.17) is 16.6 Å². The molecule has 114 valence electrons. The number of halogens is 1. The lowest BCUT2D eigenvalue weighted by Gasteiger charge is -2.32. The van der Waals surface area contributed by atoms with E-state index in [-0.39, 0.29) is 0 Å². The van der Waals surface area contributed by atoms with E-state index in [1.54, 1.807) is 0 Å². The number of nitrogens with zero attached hydrogens (tertiary/aromatic N) is 4. The van der Waals surface area contributed by atoms with Crippen molar-refractivity contribution in [3.63, 3.8) is 0 Å². The first kappa shape index (κ1) is 17.2. The molecule has 1 aromatic rings. The highest BCUT2D eigenvalue weighted by molar-refractivity contribution is 6.30. The van der Waals surface area contributed by atoms with Gasteiger partial charge in [-0.05, 0) is 41.3 Å². The number of aryl methyl sites for hydroxylation is 1. The van der Waals surface area contributed by atoms with Crippen LogP contribution in [0.3, 0.4) is 0 Å². The van der Waals surface area contributed by atoms with E-state index in [0.29, 0.717) is 11.2 Å². The molecule has 1 atom stereocenters. The molecule has 0 spiro atoms. The lowest BCUT2D eigenvalue weighted by Crippen LogP contribution is -2.41. The minimum Gasteiger partial charge on any atom is -0.353 e. The summed E-state index contributed by atoms with van der Waals surface area (Å²) in [7, 11) is 4.18. The number of rotatable bonds is 7. The van der Waals surface area contributed by atoms with Gasteiger partial charge in [0, 0.05) is 31.1 Å². The van der Waals surface area contributed by atoms with Crippen molar-refractivity contribution in [1.29, 1.82) is 0 Å². The molecule has 0 N–H and O–H groups in total. The molecule has 4 nitrogen and oxygen atoms in total. The van der Waals surface area contributed by atoms with E-state index < -0.39 is 0 Å². The van der Waals surface area contributed by atoms with Gasteiger partial charge in [0.05, 0.1) is 0 Å². The normalized spacial score (nSPS) is 12.8. The third-order valence-electron chi connectivity index (χ3n) is 3.35. The second-order valence-electron chi connectivity index (χ2n) is 5.53. The van der Waals surface area contributed by atoms with Crippen molar-refractivity contribution in [2.24, 2.45) is 0 Å². The van der Waals surface area contributed by atoms with Crippen LogP contribution in [0.15, 0.2) is 0 Å². The topological polar surface area (TPSA) is 32.3 Å². The van der Waals surface area contributed by atoms with Crippen molar-refractivity contribution in [3.8, 4) is 0 Å². The lowest BCUT2D eigenvalue weighted by atomic mass is 10.2. The van der Waals surface area contributed by atoms with Gasteiger partial charge in [0.1, 0.15) is 16.8 Å². The van der Waals surface area contributed by atoms with Gasteiger partial charge >= 0.3 is 0 Å². The highest BCUT2D eigenvalue weighted by Gasteiger charge is 2.19. The number of likely N-dealkylation sites (N-methyl/N-ethyl adjacent to an activating group) is 2. The largest absolute Gasteiger partial charge is 0.353 e. The fraction of sp³-hybridized carbons (Fsp3) is 0.733. The van der Waals surface area contributed by atoms with Crippen molar-refractivity contribution in [1.82, 2.24) is 14.9 Å². The van der Waals surface area contributed by atoms with E-state index >= 15 is 0 Å². The molecule has 0 bridgehead atoms. The van der Waals surface area contributed by atoms with E-state index in [0.717, 1.165) is 43.1 Å². The van der Waals surface area contributed by atoms with Crippen LogP contribution in [0.4, 0.5) is 5.82 Å². The fourth-order valence-electron chi connectivity index (χ4n) is 2.43. The molecule has 1 unspecified atom stereocenters. The predicted molar refractivity (Wildman–Crippen MR) is 86.8 cm³/mol. The second-order valence-corrected chi connectivity index (χ2v) is 5.88. The Labute approximate surface area is 128 Å². The van der Waals surface area contributed by atoms with E-state index in [2.05, 4.69) is 49.7 Å². The molecule has 0 saturated carbocycles. The van der Waals surface area contributed by atoms with Gasteiger partial charge in [0.15, 0.2) is 0 Å². The zero-order valence-electron chi connectivity index (χ0n) is 13.6. The Morgan fingerprint density at radius 3 is 2.35 bits per heavy atom. The molecule has 0 aliphatic rings. The van der Waals surface area contributed by atoms with Gasteiger partial charge in [0.2, 0.25) is 0 Å². The summed E-state index contributed by atoms with van der Waals surface area (Å²) in [4.78, 5) is 13.6. The van der Waals surface area contributed by atoms with Crippen LogP contribution in [-0.4, -0.2) is 48.1 Å². The molecule has 1 heterocycles. The molecule has 0 fully saturated rings. The van der Waals surface area contributed by atoms with E-state index in [1.165, 1.54) is 0 Å². The maximum Gasteiger partial charge on any atom is 0.137 e. The molecule has 0 aliphatic carbocycles. The first-order chi connectivity index (χ1) is 9.40. The average molecular weight is 299 g/mol. The van der Waals surface area contributed by atoms with Crippen molar-refractivity contribution >= 4 is 17.4 Å². The molecule has 0 amide bonds. The maximum atomic E-state index is 6.28. The molecule has 0 aromatic carbocycles. The number of aromatic nitrogens is 2. The van der Waals surface area contributed by atoms with Gasteiger partial charge in [0.25, 0.3) is 0 Å². The molecule has 0 radical (unpaired) electrons. The Hall–Kier alpha value is -0.870. The van der Waals surface area contributed by atoms with Crippen molar-refractivity contribution in [2.75, 3.05) is 32.1 Å². The van der Waals surface area contributed by atoms with Gasteiger partial charge in [-0.2, -0.15) is 0 Å². The highest BCUT2D eigenvalue weighted by Crippen LogP contribution is 2.25. The molecular formula is C15H27ClN4. The minimum atomic E-state index is 0.383. The third kappa shape index (κ3) is 4.32. The van der Waals surface area contributed by atoms with Crippen LogP contribution in [0.1, 0.15) is 38.6 Å². The molecule has 1 aromatic heterocycles. The first-order valence-electron chi connectivity index (χ1n) is 7.35. The second kappa shape index (κ2) is 7.79. The van der Waals surface area contributed by atoms with Crippen LogP contribution in [0.25, 0.3) is 0 Å². The quantitative estimate of drug-likeness (QED) is 0.724. The Morgan fingerprint density at radius 1 is 1.20 bits per heavy atom. The summed E-state index contributed by atoms with van der Waals surface area (Å²) in [6.07, 6.45) is 1.89. The van der Waals surface area contributed by atoms with Crippen LogP contribution >= 0.6 is 11.6 Å². The van der Waals surface area contributed by atoms with Crippen molar-refractivity contribution in [3.05, 3.63) is 16.5 Å². The molecule has 5 heteroatoms. The van der Waals surface area contributed by atoms with E-state index in [9.17, 15) is 0 Å². The monoisotopic (exact) mass is 298 g/mol. The smallest absolute Gasteiger partial charge is 0.137 e. The molecular weight excluding hydrogens is 272 g/mol. The van der Waals surface area contributed by atoms with Gasteiger partial charge in [-0.3, -0.25) is 0 Å². The van der Waals surface area contributed by atoms with Crippen LogP contribution in [0.2, 0.25) is 5.15 Å². The zero-order valence-corrected chi connectivity index (χ0v) is 14.3. The van der Waals surface area contributed by atoms with Crippen molar-refractivity contribution in [2.45, 2.75) is 46.6 Å². The van der Waals surface area contributed by atoms with Crippen LogP contribution in [-0.2, 0) is 6.42 Å². The predicted octanol–water partition coefficient (Wildman–Crippen LogP) is 3.17. The summed E-state index contributed by atoms with van der Waals surface area (Å²) < 4.78 is 0. The summed E-state index contributed by atoms with van der Waals surface area (Å²) in [5.41, 5.74) is 0.971. The Kier molecular flexibility index (Phi) is 6.69. The lowest BCUT2D eigenvalue weighted by molar-refractivity contribution is 0.372. The summed E-state index contributed by atoms with van der Waals surface area (Å²) in [6.45, 7) is 10.4. The standard InChI is InChI=1S/C15H27ClN4/c1-7-9-13-17-14(16)12(4)15(18-13)20(8-2)11(3)10-19(5)6/h11H,7-10H2,1-6H3. The Balaban J connectivity index is 3.13. The third-order valence-corrected chi connectivity index (χ3v) is 3.72. The molecule has 20 heavy (non-hydrogen) atoms. The SMILES string of the molecule is CCCc1nc(Cl)c(C)c(N(CC)C(C)CN(C)C)n1. The minimum absolute atomic E-state index is 0.383. The van der Waals surface area contributed by atoms with Crippen LogP contribution in [0.5, 0.6) is 0 Å². The van der Waals surface area contributed by atoms with Gasteiger partial charge in [-0.1, -0.05) is 18.5 Å². The Bertz CT molecular complexity index is 434. The van der Waals surface area contributed by atoms with Crippen LogP contribution < -0.4 is 4.90 Å². The summed E-state index contributed by atoms with van der Waals surface area (Å²) >= 11 is 6.28. The summed E-state index contributed by atoms with van der Waals surface area (Å²) in [5, 5.41) is 0.578. The van der Waals surface area contributed by atoms with Crippen molar-refractivity contribution < 1.29 is 0 Å². The molecule has 0 aliphatic heterocycles. The Morgan fingerprint density at radius 2 is 1.85 bits per heavy atom. The van der Waals surface area contributed by atoms with Gasteiger partial charge < -0.3 is 9.80 Å². The van der Waals surface area contributed by atoms with Gasteiger partial charge in [-0.15, -0.1) is 0 Å². The number of anilines is 1. The average Bonchev–Trinajstić information content (AvgIpc) is 2.35. The van der Waals surface area contributed by atoms with Crippen LogP contribution in [0, 0.1) is 6.92 Å². The van der Waals surface area contributed by atoms with E-state index in [1.807, 2.05) is 6.92 Å². The summed E-state index contributed by atoms with van der Waals surface area (Å²) in [5.74, 6) is 1.82. The number of hydrogen-bond donors (Lipinski definition) is 0. The summed E-state index contributed by atoms with van der Waals surface area (Å²) in [6, 6.07) is 0.383.